The van der Waals surface area contributed by atoms with Crippen LogP contribution in [0.4, 0.5) is 0 Å². The molecule has 0 spiro atoms. The van der Waals surface area contributed by atoms with Gasteiger partial charge in [0.1, 0.15) is 0 Å². The van der Waals surface area contributed by atoms with Crippen molar-refractivity contribution in [3.05, 3.63) is 0 Å². The maximum atomic E-state index is 11.3. The molecule has 0 aromatic heterocycles. The maximum absolute atomic E-state index is 11.3. The van der Waals surface area contributed by atoms with Gasteiger partial charge in [0.05, 0.1) is 6.61 Å². The summed E-state index contributed by atoms with van der Waals surface area (Å²) in [6, 6.07) is 0. The zero-order chi connectivity index (χ0) is 12.4. The number of nitrogens with one attached hydrogen (secondary N) is 1. The van der Waals surface area contributed by atoms with Crippen LogP contribution in [0.3, 0.4) is 0 Å². The highest BCUT2D eigenvalue weighted by Gasteiger charge is 2.23. The Labute approximate surface area is 99.3 Å². The van der Waals surface area contributed by atoms with Crippen LogP contribution in [0.15, 0.2) is 0 Å². The SMILES string of the molecule is CC.CNC(=O)C1CCN(CCOC)CC1. The van der Waals surface area contributed by atoms with Crippen molar-refractivity contribution in [2.24, 2.45) is 5.92 Å². The zero-order valence-corrected chi connectivity index (χ0v) is 11.1. The van der Waals surface area contributed by atoms with Gasteiger partial charge >= 0.3 is 0 Å². The van der Waals surface area contributed by atoms with E-state index < -0.39 is 0 Å². The van der Waals surface area contributed by atoms with E-state index in [2.05, 4.69) is 10.2 Å². The Hall–Kier alpha value is -0.610. The van der Waals surface area contributed by atoms with E-state index in [1.165, 1.54) is 0 Å². The topological polar surface area (TPSA) is 41.6 Å². The van der Waals surface area contributed by atoms with Crippen molar-refractivity contribution in [2.75, 3.05) is 40.4 Å². The first-order chi connectivity index (χ1) is 7.77. The molecule has 0 unspecified atom stereocenters. The van der Waals surface area contributed by atoms with Gasteiger partial charge in [-0.15, -0.1) is 0 Å². The first-order valence-corrected chi connectivity index (χ1v) is 6.20. The molecule has 1 amide bonds. The number of rotatable bonds is 4. The fourth-order valence-corrected chi connectivity index (χ4v) is 1.84. The van der Waals surface area contributed by atoms with Crippen LogP contribution in [0.25, 0.3) is 0 Å². The number of hydrogen-bond donors (Lipinski definition) is 1. The van der Waals surface area contributed by atoms with E-state index in [-0.39, 0.29) is 11.8 Å². The highest BCUT2D eigenvalue weighted by Crippen LogP contribution is 2.16. The number of hydrogen-bond acceptors (Lipinski definition) is 3. The Morgan fingerprint density at radius 2 is 1.94 bits per heavy atom. The molecule has 0 aromatic carbocycles. The summed E-state index contributed by atoms with van der Waals surface area (Å²) >= 11 is 0. The van der Waals surface area contributed by atoms with Gasteiger partial charge in [0.2, 0.25) is 5.91 Å². The molecule has 0 aromatic rings. The van der Waals surface area contributed by atoms with Gasteiger partial charge < -0.3 is 15.0 Å². The third-order valence-corrected chi connectivity index (χ3v) is 2.82. The minimum atomic E-state index is 0.191. The Morgan fingerprint density at radius 3 is 2.38 bits per heavy atom. The van der Waals surface area contributed by atoms with Crippen LogP contribution in [0.1, 0.15) is 26.7 Å². The number of piperidine rings is 1. The lowest BCUT2D eigenvalue weighted by molar-refractivity contribution is -0.125. The van der Waals surface area contributed by atoms with E-state index in [0.717, 1.165) is 39.1 Å². The van der Waals surface area contributed by atoms with E-state index in [9.17, 15) is 4.79 Å². The highest BCUT2D eigenvalue weighted by molar-refractivity contribution is 5.78. The zero-order valence-electron chi connectivity index (χ0n) is 11.1. The molecule has 1 heterocycles. The highest BCUT2D eigenvalue weighted by atomic mass is 16.5. The first kappa shape index (κ1) is 15.4. The fourth-order valence-electron chi connectivity index (χ4n) is 1.84. The van der Waals surface area contributed by atoms with Crippen LogP contribution >= 0.6 is 0 Å². The number of ether oxygens (including phenoxy) is 1. The van der Waals surface area contributed by atoms with E-state index in [4.69, 9.17) is 4.74 Å². The number of carbonyl (C=O) groups is 1. The maximum Gasteiger partial charge on any atom is 0.222 e. The number of likely N-dealkylation sites (tertiary alicyclic amines) is 1. The molecule has 1 fully saturated rings. The number of nitrogens with zero attached hydrogens (tertiary/aromatic N) is 1. The molecular weight excluding hydrogens is 204 g/mol. The average molecular weight is 230 g/mol. The lowest BCUT2D eigenvalue weighted by atomic mass is 9.96. The van der Waals surface area contributed by atoms with Crippen LogP contribution < -0.4 is 5.32 Å². The van der Waals surface area contributed by atoms with E-state index >= 15 is 0 Å². The van der Waals surface area contributed by atoms with Gasteiger partial charge in [-0.3, -0.25) is 4.79 Å². The largest absolute Gasteiger partial charge is 0.383 e. The normalized spacial score (nSPS) is 17.5. The molecule has 96 valence electrons. The first-order valence-electron chi connectivity index (χ1n) is 6.20. The minimum Gasteiger partial charge on any atom is -0.383 e. The van der Waals surface area contributed by atoms with Crippen molar-refractivity contribution in [1.82, 2.24) is 10.2 Å². The monoisotopic (exact) mass is 230 g/mol. The van der Waals surface area contributed by atoms with Gasteiger partial charge in [-0.25, -0.2) is 0 Å². The molecule has 1 aliphatic heterocycles. The Bertz CT molecular complexity index is 178. The van der Waals surface area contributed by atoms with Gasteiger partial charge in [-0.05, 0) is 25.9 Å². The molecule has 0 bridgehead atoms. The van der Waals surface area contributed by atoms with Gasteiger partial charge in [-0.2, -0.15) is 0 Å². The van der Waals surface area contributed by atoms with Gasteiger partial charge in [0, 0.05) is 26.6 Å². The molecule has 1 saturated heterocycles. The molecular formula is C12H26N2O2. The van der Waals surface area contributed by atoms with Crippen LogP contribution in [0.2, 0.25) is 0 Å². The summed E-state index contributed by atoms with van der Waals surface area (Å²) in [6.45, 7) is 7.80. The Balaban J connectivity index is 0.00000106. The van der Waals surface area contributed by atoms with Crippen molar-refractivity contribution in [2.45, 2.75) is 26.7 Å². The number of methoxy groups -OCH3 is 1. The fraction of sp³-hybridized carbons (Fsp3) is 0.917. The third kappa shape index (κ3) is 5.47. The second-order valence-electron chi connectivity index (χ2n) is 3.72. The molecule has 1 rings (SSSR count). The average Bonchev–Trinajstić information content (AvgIpc) is 2.38. The molecule has 16 heavy (non-hydrogen) atoms. The van der Waals surface area contributed by atoms with E-state index in [1.54, 1.807) is 14.2 Å². The van der Waals surface area contributed by atoms with Crippen molar-refractivity contribution >= 4 is 5.91 Å². The number of amides is 1. The standard InChI is InChI=1S/C10H20N2O2.C2H6/c1-11-10(13)9-3-5-12(6-4-9)7-8-14-2;1-2/h9H,3-8H2,1-2H3,(H,11,13);1-2H3. The van der Waals surface area contributed by atoms with E-state index in [0.29, 0.717) is 0 Å². The smallest absolute Gasteiger partial charge is 0.222 e. The molecule has 1 aliphatic rings. The van der Waals surface area contributed by atoms with Crippen molar-refractivity contribution in [1.29, 1.82) is 0 Å². The summed E-state index contributed by atoms with van der Waals surface area (Å²) in [4.78, 5) is 13.7. The van der Waals surface area contributed by atoms with Crippen LogP contribution in [0, 0.1) is 5.92 Å². The van der Waals surface area contributed by atoms with Gasteiger partial charge in [0.15, 0.2) is 0 Å². The quantitative estimate of drug-likeness (QED) is 0.787. The molecule has 0 aliphatic carbocycles. The van der Waals surface area contributed by atoms with Gasteiger partial charge in [-0.1, -0.05) is 13.8 Å². The summed E-state index contributed by atoms with van der Waals surface area (Å²) < 4.78 is 5.02. The summed E-state index contributed by atoms with van der Waals surface area (Å²) in [7, 11) is 3.43. The lowest BCUT2D eigenvalue weighted by Crippen LogP contribution is -2.40. The Morgan fingerprint density at radius 1 is 1.38 bits per heavy atom. The second kappa shape index (κ2) is 9.60. The molecule has 0 saturated carbocycles. The Kier molecular flexibility index (Phi) is 9.24. The molecule has 1 N–H and O–H groups in total. The molecule has 0 radical (unpaired) electrons. The molecule has 4 heteroatoms. The van der Waals surface area contributed by atoms with Crippen molar-refractivity contribution < 1.29 is 9.53 Å². The predicted octanol–water partition coefficient (Wildman–Crippen LogP) is 1.12. The van der Waals surface area contributed by atoms with Crippen LogP contribution in [0.5, 0.6) is 0 Å². The summed E-state index contributed by atoms with van der Waals surface area (Å²) in [6.07, 6.45) is 1.95. The van der Waals surface area contributed by atoms with Crippen molar-refractivity contribution in [3.8, 4) is 0 Å². The summed E-state index contributed by atoms with van der Waals surface area (Å²) in [5.41, 5.74) is 0. The minimum absolute atomic E-state index is 0.191. The van der Waals surface area contributed by atoms with Crippen LogP contribution in [-0.4, -0.2) is 51.2 Å². The lowest BCUT2D eigenvalue weighted by Gasteiger charge is -2.30. The predicted molar refractivity (Wildman–Crippen MR) is 66.5 cm³/mol. The number of carbonyl (C=O) groups excluding carboxylic acids is 1. The van der Waals surface area contributed by atoms with Crippen molar-refractivity contribution in [3.63, 3.8) is 0 Å². The van der Waals surface area contributed by atoms with Crippen LogP contribution in [-0.2, 0) is 9.53 Å². The third-order valence-electron chi connectivity index (χ3n) is 2.82. The summed E-state index contributed by atoms with van der Waals surface area (Å²) in [5.74, 6) is 0.412. The van der Waals surface area contributed by atoms with E-state index in [1.807, 2.05) is 13.8 Å². The molecule has 0 atom stereocenters. The second-order valence-corrected chi connectivity index (χ2v) is 3.72. The summed E-state index contributed by atoms with van der Waals surface area (Å²) in [5, 5.41) is 2.71. The van der Waals surface area contributed by atoms with Gasteiger partial charge in [0.25, 0.3) is 0 Å². The molecule has 4 nitrogen and oxygen atoms in total.